The first-order valence-electron chi connectivity index (χ1n) is 10.7. The number of urea groups is 1. The van der Waals surface area contributed by atoms with E-state index in [4.69, 9.17) is 0 Å². The number of carbonyl (C=O) groups is 1. The molecule has 1 N–H and O–H groups in total. The molecular weight excluding hydrogens is 385 g/mol. The summed E-state index contributed by atoms with van der Waals surface area (Å²) in [6.07, 6.45) is 3.56. The van der Waals surface area contributed by atoms with Crippen LogP contribution in [0.5, 0.6) is 0 Å². The summed E-state index contributed by atoms with van der Waals surface area (Å²) in [6.45, 7) is 10.5. The van der Waals surface area contributed by atoms with E-state index in [-0.39, 0.29) is 11.8 Å². The van der Waals surface area contributed by atoms with Crippen molar-refractivity contribution in [2.45, 2.75) is 45.2 Å². The smallest absolute Gasteiger partial charge is 0.321 e. The van der Waals surface area contributed by atoms with Crippen LogP contribution in [0.2, 0.25) is 0 Å². The van der Waals surface area contributed by atoms with Gasteiger partial charge in [-0.05, 0) is 45.7 Å². The van der Waals surface area contributed by atoms with Gasteiger partial charge in [-0.1, -0.05) is 0 Å². The number of piperazine rings is 1. The molecule has 160 valence electrons. The van der Waals surface area contributed by atoms with Crippen LogP contribution in [-0.4, -0.2) is 87.4 Å². The van der Waals surface area contributed by atoms with Gasteiger partial charge in [0, 0.05) is 31.2 Å². The number of anilines is 1. The zero-order valence-electron chi connectivity index (χ0n) is 17.8. The number of amidine groups is 1. The van der Waals surface area contributed by atoms with Crippen molar-refractivity contribution in [2.24, 2.45) is 4.99 Å². The Morgan fingerprint density at radius 2 is 2.13 bits per heavy atom. The summed E-state index contributed by atoms with van der Waals surface area (Å²) < 4.78 is 14.1. The third-order valence-corrected chi connectivity index (χ3v) is 6.97. The third-order valence-electron chi connectivity index (χ3n) is 6.97. The molecule has 30 heavy (non-hydrogen) atoms. The monoisotopic (exact) mass is 413 g/mol. The van der Waals surface area contributed by atoms with Crippen LogP contribution in [0.3, 0.4) is 0 Å². The van der Waals surface area contributed by atoms with Crippen LogP contribution < -0.4 is 5.32 Å². The van der Waals surface area contributed by atoms with Crippen molar-refractivity contribution < 1.29 is 9.18 Å². The van der Waals surface area contributed by atoms with Gasteiger partial charge in [0.25, 0.3) is 0 Å². The number of aromatic nitrogens is 2. The summed E-state index contributed by atoms with van der Waals surface area (Å²) in [6, 6.07) is 0.584. The Bertz CT molecular complexity index is 957. The van der Waals surface area contributed by atoms with Crippen LogP contribution in [0.1, 0.15) is 32.5 Å². The van der Waals surface area contributed by atoms with E-state index in [0.29, 0.717) is 30.8 Å². The van der Waals surface area contributed by atoms with Gasteiger partial charge in [0.1, 0.15) is 11.7 Å². The Morgan fingerprint density at radius 1 is 1.30 bits per heavy atom. The summed E-state index contributed by atoms with van der Waals surface area (Å²) in [7, 11) is 0. The maximum absolute atomic E-state index is 14.1. The van der Waals surface area contributed by atoms with Crippen LogP contribution in [0.15, 0.2) is 22.3 Å². The van der Waals surface area contributed by atoms with E-state index in [2.05, 4.69) is 39.0 Å². The summed E-state index contributed by atoms with van der Waals surface area (Å²) in [5.41, 5.74) is 1.67. The topological polar surface area (TPSA) is 77.0 Å². The standard InChI is InChI=1S/C21H28FN7O/c1-13-23-10-17(22)19(25-13)26-18-15-12-29(21(2,3)16(15)9-24-18)20(30)28-8-7-27-6-4-5-14(27)11-28/h10,14H,4-9,11-12H2,1-3H3,(H,23,24,25,26)/t14-/m1/s1. The van der Waals surface area contributed by atoms with Gasteiger partial charge >= 0.3 is 6.03 Å². The zero-order chi connectivity index (χ0) is 21.0. The molecule has 0 radical (unpaired) electrons. The minimum absolute atomic E-state index is 0.0874. The summed E-state index contributed by atoms with van der Waals surface area (Å²) in [4.78, 5) is 32.5. The van der Waals surface area contributed by atoms with Crippen molar-refractivity contribution in [1.82, 2.24) is 24.7 Å². The van der Waals surface area contributed by atoms with E-state index in [1.807, 2.05) is 9.80 Å². The van der Waals surface area contributed by atoms with Gasteiger partial charge in [-0.25, -0.2) is 19.2 Å². The predicted molar refractivity (Wildman–Crippen MR) is 112 cm³/mol. The van der Waals surface area contributed by atoms with Gasteiger partial charge in [-0.15, -0.1) is 0 Å². The second kappa shape index (κ2) is 7.01. The first-order chi connectivity index (χ1) is 14.3. The van der Waals surface area contributed by atoms with Crippen LogP contribution in [0.25, 0.3) is 0 Å². The molecule has 2 saturated heterocycles. The molecule has 2 amide bonds. The lowest BCUT2D eigenvalue weighted by Gasteiger charge is -2.42. The average Bonchev–Trinajstić information content (AvgIpc) is 3.40. The van der Waals surface area contributed by atoms with Crippen molar-refractivity contribution in [1.29, 1.82) is 0 Å². The molecule has 0 saturated carbocycles. The number of aliphatic imine (C=N–C) groups is 1. The number of rotatable bonds is 1. The highest BCUT2D eigenvalue weighted by molar-refractivity contribution is 6.11. The highest BCUT2D eigenvalue weighted by Gasteiger charge is 2.47. The summed E-state index contributed by atoms with van der Waals surface area (Å²) >= 11 is 0. The number of aryl methyl sites for hydroxylation is 1. The van der Waals surface area contributed by atoms with Gasteiger partial charge in [0.15, 0.2) is 11.6 Å². The Kier molecular flexibility index (Phi) is 4.53. The molecule has 0 unspecified atom stereocenters. The van der Waals surface area contributed by atoms with Crippen LogP contribution in [0.4, 0.5) is 15.0 Å². The molecule has 1 aromatic heterocycles. The van der Waals surface area contributed by atoms with Crippen molar-refractivity contribution in [3.63, 3.8) is 0 Å². The van der Waals surface area contributed by atoms with Crippen molar-refractivity contribution in [2.75, 3.05) is 44.6 Å². The Balaban J connectivity index is 1.33. The molecule has 4 aliphatic heterocycles. The molecule has 9 heteroatoms. The lowest BCUT2D eigenvalue weighted by Crippen LogP contribution is -2.58. The lowest BCUT2D eigenvalue weighted by atomic mass is 9.94. The molecular formula is C21H28FN7O. The Morgan fingerprint density at radius 3 is 2.97 bits per heavy atom. The van der Waals surface area contributed by atoms with E-state index >= 15 is 0 Å². The van der Waals surface area contributed by atoms with Crippen LogP contribution in [0, 0.1) is 12.7 Å². The number of fused-ring (bicyclic) bond motifs is 1. The van der Waals surface area contributed by atoms with Crippen LogP contribution in [-0.2, 0) is 0 Å². The number of hydrogen-bond acceptors (Lipinski definition) is 6. The second-order valence-corrected chi connectivity index (χ2v) is 9.07. The molecule has 2 fully saturated rings. The fraction of sp³-hybridized carbons (Fsp3) is 0.619. The largest absolute Gasteiger partial charge is 0.322 e. The lowest BCUT2D eigenvalue weighted by molar-refractivity contribution is 0.0842. The molecule has 0 aromatic carbocycles. The van der Waals surface area contributed by atoms with Crippen molar-refractivity contribution in [3.8, 4) is 0 Å². The second-order valence-electron chi connectivity index (χ2n) is 9.07. The van der Waals surface area contributed by atoms with E-state index in [1.54, 1.807) is 6.92 Å². The first kappa shape index (κ1) is 19.4. The van der Waals surface area contributed by atoms with E-state index in [9.17, 15) is 9.18 Å². The van der Waals surface area contributed by atoms with Gasteiger partial charge in [0.05, 0.1) is 24.8 Å². The number of nitrogens with zero attached hydrogens (tertiary/aromatic N) is 6. The molecule has 8 nitrogen and oxygen atoms in total. The van der Waals surface area contributed by atoms with E-state index in [0.717, 1.165) is 43.5 Å². The maximum Gasteiger partial charge on any atom is 0.321 e. The van der Waals surface area contributed by atoms with Gasteiger partial charge in [-0.2, -0.15) is 0 Å². The fourth-order valence-corrected chi connectivity index (χ4v) is 5.16. The quantitative estimate of drug-likeness (QED) is 0.763. The number of halogens is 1. The summed E-state index contributed by atoms with van der Waals surface area (Å²) in [5, 5.41) is 3.04. The maximum atomic E-state index is 14.1. The Labute approximate surface area is 175 Å². The molecule has 5 rings (SSSR count). The van der Waals surface area contributed by atoms with E-state index < -0.39 is 11.4 Å². The Hall–Kier alpha value is -2.55. The third kappa shape index (κ3) is 3.07. The minimum atomic E-state index is -0.517. The molecule has 0 bridgehead atoms. The average molecular weight is 414 g/mol. The number of hydrogen-bond donors (Lipinski definition) is 1. The fourth-order valence-electron chi connectivity index (χ4n) is 5.16. The van der Waals surface area contributed by atoms with Crippen molar-refractivity contribution in [3.05, 3.63) is 29.0 Å². The van der Waals surface area contributed by atoms with Crippen LogP contribution >= 0.6 is 0 Å². The summed E-state index contributed by atoms with van der Waals surface area (Å²) in [5.74, 6) is 0.694. The normalized spacial score (nSPS) is 25.5. The molecule has 0 aliphatic carbocycles. The predicted octanol–water partition coefficient (Wildman–Crippen LogP) is 2.04. The van der Waals surface area contributed by atoms with Crippen molar-refractivity contribution >= 4 is 17.7 Å². The molecule has 1 aromatic rings. The molecule has 1 atom stereocenters. The molecule has 4 aliphatic rings. The van der Waals surface area contributed by atoms with Gasteiger partial charge in [-0.3, -0.25) is 9.89 Å². The van der Waals surface area contributed by atoms with Gasteiger partial charge in [0.2, 0.25) is 0 Å². The highest BCUT2D eigenvalue weighted by atomic mass is 19.1. The SMILES string of the molecule is Cc1ncc(F)c(NC2=NCC3=C2CN(C(=O)N2CCN4CCC[C@@H]4C2)C3(C)C)n1. The molecule has 5 heterocycles. The number of carbonyl (C=O) groups excluding carboxylic acids is 1. The molecule has 0 spiro atoms. The number of nitrogens with one attached hydrogen (secondary N) is 1. The minimum Gasteiger partial charge on any atom is -0.322 e. The zero-order valence-corrected chi connectivity index (χ0v) is 17.8. The van der Waals surface area contributed by atoms with E-state index in [1.165, 1.54) is 12.8 Å². The number of amides is 2. The highest BCUT2D eigenvalue weighted by Crippen LogP contribution is 2.39. The first-order valence-corrected chi connectivity index (χ1v) is 10.7. The van der Waals surface area contributed by atoms with Gasteiger partial charge < -0.3 is 15.1 Å².